The van der Waals surface area contributed by atoms with E-state index < -0.39 is 0 Å². The Morgan fingerprint density at radius 3 is 2.04 bits per heavy atom. The normalized spacial score (nSPS) is 21.1. The summed E-state index contributed by atoms with van der Waals surface area (Å²) >= 11 is 0. The van der Waals surface area contributed by atoms with Crippen LogP contribution in [0.15, 0.2) is 146 Å². The highest BCUT2D eigenvalue weighted by atomic mass is 15.1. The zero-order valence-electron chi connectivity index (χ0n) is 25.2. The van der Waals surface area contributed by atoms with Crippen molar-refractivity contribution in [2.75, 3.05) is 4.90 Å². The number of benzene rings is 6. The first-order valence-corrected chi connectivity index (χ1v) is 16.5. The van der Waals surface area contributed by atoms with Gasteiger partial charge in [-0.25, -0.2) is 0 Å². The highest BCUT2D eigenvalue weighted by molar-refractivity contribution is 6.10. The Labute approximate surface area is 264 Å². The fourth-order valence-corrected chi connectivity index (χ4v) is 9.49. The van der Waals surface area contributed by atoms with E-state index in [4.69, 9.17) is 0 Å². The number of hydrogen-bond acceptors (Lipinski definition) is 1. The number of rotatable bonds is 4. The van der Waals surface area contributed by atoms with Crippen molar-refractivity contribution < 1.29 is 0 Å². The summed E-state index contributed by atoms with van der Waals surface area (Å²) in [5, 5.41) is 2.55. The SMILES string of the molecule is c1ccc(N(c2ccc3c(c2)C2(CC4CCC2C4)c2ccccc2-3)c2ccc3c4ccccc4n(-c4ccccc4)c3c2)cc1. The summed E-state index contributed by atoms with van der Waals surface area (Å²) in [4.78, 5) is 2.47. The first kappa shape index (κ1) is 25.3. The van der Waals surface area contributed by atoms with Crippen LogP contribution in [-0.4, -0.2) is 4.57 Å². The van der Waals surface area contributed by atoms with E-state index in [1.54, 1.807) is 11.1 Å². The summed E-state index contributed by atoms with van der Waals surface area (Å²) in [6.45, 7) is 0. The number of fused-ring (bicyclic) bond motifs is 11. The first-order chi connectivity index (χ1) is 22.3. The van der Waals surface area contributed by atoms with Gasteiger partial charge in [0.2, 0.25) is 0 Å². The summed E-state index contributed by atoms with van der Waals surface area (Å²) in [6.07, 6.45) is 5.42. The second-order valence-electron chi connectivity index (χ2n) is 13.4. The lowest BCUT2D eigenvalue weighted by molar-refractivity contribution is 0.327. The zero-order chi connectivity index (χ0) is 29.5. The Balaban J connectivity index is 1.20. The van der Waals surface area contributed by atoms with E-state index in [-0.39, 0.29) is 5.41 Å². The molecule has 0 amide bonds. The molecule has 3 aliphatic rings. The van der Waals surface area contributed by atoms with Crippen LogP contribution in [0.1, 0.15) is 36.8 Å². The number of nitrogens with zero attached hydrogens (tertiary/aromatic N) is 2. The predicted octanol–water partition coefficient (Wildman–Crippen LogP) is 11.3. The second-order valence-corrected chi connectivity index (χ2v) is 13.4. The minimum atomic E-state index is 0.150. The van der Waals surface area contributed by atoms with Crippen LogP contribution in [0.5, 0.6) is 0 Å². The third-order valence-electron chi connectivity index (χ3n) is 11.2. The van der Waals surface area contributed by atoms with Crippen molar-refractivity contribution in [3.8, 4) is 16.8 Å². The molecule has 1 spiro atoms. The van der Waals surface area contributed by atoms with Gasteiger partial charge in [0.1, 0.15) is 0 Å². The first-order valence-electron chi connectivity index (χ1n) is 16.5. The number of hydrogen-bond donors (Lipinski definition) is 0. The van der Waals surface area contributed by atoms with E-state index in [0.717, 1.165) is 11.8 Å². The molecule has 0 saturated heterocycles. The zero-order valence-corrected chi connectivity index (χ0v) is 25.2. The Kier molecular flexibility index (Phi) is 5.31. The molecule has 2 saturated carbocycles. The van der Waals surface area contributed by atoms with Crippen LogP contribution < -0.4 is 4.90 Å². The maximum atomic E-state index is 2.56. The molecule has 216 valence electrons. The number of anilines is 3. The van der Waals surface area contributed by atoms with E-state index in [9.17, 15) is 0 Å². The van der Waals surface area contributed by atoms with E-state index in [2.05, 4.69) is 155 Å². The molecule has 3 unspecified atom stereocenters. The highest BCUT2D eigenvalue weighted by Gasteiger charge is 2.56. The van der Waals surface area contributed by atoms with Crippen molar-refractivity contribution in [1.29, 1.82) is 0 Å². The van der Waals surface area contributed by atoms with Gasteiger partial charge in [0.15, 0.2) is 0 Å². The molecular formula is C43H34N2. The number of aromatic nitrogens is 1. The molecule has 1 heterocycles. The van der Waals surface area contributed by atoms with Crippen molar-refractivity contribution in [3.05, 3.63) is 157 Å². The molecule has 3 atom stereocenters. The van der Waals surface area contributed by atoms with Crippen LogP contribution in [0.4, 0.5) is 17.1 Å². The van der Waals surface area contributed by atoms with Crippen LogP contribution in [0, 0.1) is 11.8 Å². The molecule has 7 aromatic rings. The minimum absolute atomic E-state index is 0.150. The molecule has 0 radical (unpaired) electrons. The van der Waals surface area contributed by atoms with Crippen molar-refractivity contribution in [3.63, 3.8) is 0 Å². The topological polar surface area (TPSA) is 8.17 Å². The lowest BCUT2D eigenvalue weighted by Crippen LogP contribution is -2.32. The Morgan fingerprint density at radius 2 is 1.22 bits per heavy atom. The van der Waals surface area contributed by atoms with Gasteiger partial charge in [-0.3, -0.25) is 0 Å². The second kappa shape index (κ2) is 9.46. The quantitative estimate of drug-likeness (QED) is 0.202. The van der Waals surface area contributed by atoms with Gasteiger partial charge in [-0.15, -0.1) is 0 Å². The molecule has 2 nitrogen and oxygen atoms in total. The van der Waals surface area contributed by atoms with Crippen molar-refractivity contribution in [2.45, 2.75) is 31.1 Å². The van der Waals surface area contributed by atoms with Crippen LogP contribution in [0.2, 0.25) is 0 Å². The summed E-state index contributed by atoms with van der Waals surface area (Å²) in [5.74, 6) is 1.59. The fraction of sp³-hybridized carbons (Fsp3) is 0.163. The van der Waals surface area contributed by atoms with Crippen LogP contribution in [-0.2, 0) is 5.41 Å². The molecule has 45 heavy (non-hydrogen) atoms. The Hall–Kier alpha value is -5.08. The molecule has 6 aromatic carbocycles. The lowest BCUT2D eigenvalue weighted by Gasteiger charge is -2.37. The molecule has 2 heteroatoms. The number of para-hydroxylation sites is 3. The van der Waals surface area contributed by atoms with E-state index in [0.29, 0.717) is 0 Å². The van der Waals surface area contributed by atoms with Gasteiger partial charge in [-0.2, -0.15) is 0 Å². The largest absolute Gasteiger partial charge is 0.310 e. The molecule has 0 aliphatic heterocycles. The Morgan fingerprint density at radius 1 is 0.533 bits per heavy atom. The third kappa shape index (κ3) is 3.51. The van der Waals surface area contributed by atoms with Crippen molar-refractivity contribution in [1.82, 2.24) is 4.57 Å². The van der Waals surface area contributed by atoms with E-state index in [1.165, 1.54) is 81.4 Å². The summed E-state index contributed by atoms with van der Waals surface area (Å²) < 4.78 is 2.42. The van der Waals surface area contributed by atoms with Gasteiger partial charge in [-0.1, -0.05) is 97.4 Å². The van der Waals surface area contributed by atoms with E-state index in [1.807, 2.05) is 0 Å². The molecule has 0 N–H and O–H groups in total. The minimum Gasteiger partial charge on any atom is -0.310 e. The smallest absolute Gasteiger partial charge is 0.0561 e. The van der Waals surface area contributed by atoms with Crippen LogP contribution in [0.3, 0.4) is 0 Å². The van der Waals surface area contributed by atoms with Gasteiger partial charge in [0.05, 0.1) is 11.0 Å². The average molecular weight is 579 g/mol. The van der Waals surface area contributed by atoms with Gasteiger partial charge in [0, 0.05) is 38.9 Å². The van der Waals surface area contributed by atoms with Crippen LogP contribution in [0.25, 0.3) is 38.6 Å². The van der Waals surface area contributed by atoms with Crippen molar-refractivity contribution in [2.24, 2.45) is 11.8 Å². The maximum absolute atomic E-state index is 2.56. The molecule has 2 bridgehead atoms. The summed E-state index contributed by atoms with van der Waals surface area (Å²) in [5.41, 5.74) is 13.4. The predicted molar refractivity (Wildman–Crippen MR) is 187 cm³/mol. The fourth-order valence-electron chi connectivity index (χ4n) is 9.49. The van der Waals surface area contributed by atoms with Gasteiger partial charge < -0.3 is 9.47 Å². The molecular weight excluding hydrogens is 544 g/mol. The average Bonchev–Trinajstić information content (AvgIpc) is 3.86. The van der Waals surface area contributed by atoms with Gasteiger partial charge in [-0.05, 0) is 108 Å². The monoisotopic (exact) mass is 578 g/mol. The molecule has 10 rings (SSSR count). The standard InChI is InChI=1S/C43H34N2/c1-3-11-31(12-4-1)44(34-22-24-38-37-16-8-10-18-41(37)45(42(38)27-34)32-13-5-2-6-14-32)33-21-23-36-35-15-7-9-17-39(35)43(40(36)26-33)28-29-19-20-30(43)25-29/h1-18,21-24,26-27,29-30H,19-20,25,28H2. The van der Waals surface area contributed by atoms with Crippen molar-refractivity contribution >= 4 is 38.9 Å². The Bertz CT molecular complexity index is 2250. The lowest BCUT2D eigenvalue weighted by atomic mass is 9.67. The van der Waals surface area contributed by atoms with Crippen LogP contribution >= 0.6 is 0 Å². The van der Waals surface area contributed by atoms with Gasteiger partial charge in [0.25, 0.3) is 0 Å². The van der Waals surface area contributed by atoms with Gasteiger partial charge >= 0.3 is 0 Å². The molecule has 3 aliphatic carbocycles. The highest BCUT2D eigenvalue weighted by Crippen LogP contribution is 2.66. The maximum Gasteiger partial charge on any atom is 0.0561 e. The molecule has 1 aromatic heterocycles. The third-order valence-corrected chi connectivity index (χ3v) is 11.2. The summed E-state index contributed by atoms with van der Waals surface area (Å²) in [7, 11) is 0. The summed E-state index contributed by atoms with van der Waals surface area (Å²) in [6, 6.07) is 54.1. The molecule has 2 fully saturated rings. The van der Waals surface area contributed by atoms with E-state index >= 15 is 0 Å².